The average Bonchev–Trinajstić information content (AvgIpc) is 2.52. The molecule has 2 rings (SSSR count). The first-order valence-electron chi connectivity index (χ1n) is 6.96. The summed E-state index contributed by atoms with van der Waals surface area (Å²) >= 11 is 9.60. The van der Waals surface area contributed by atoms with Gasteiger partial charge in [-0.2, -0.15) is 0 Å². The van der Waals surface area contributed by atoms with Crippen molar-refractivity contribution >= 4 is 39.3 Å². The van der Waals surface area contributed by atoms with Gasteiger partial charge in [0.1, 0.15) is 6.04 Å². The van der Waals surface area contributed by atoms with Crippen LogP contribution in [0.2, 0.25) is 5.02 Å². The molecule has 1 N–H and O–H groups in total. The van der Waals surface area contributed by atoms with E-state index in [1.54, 1.807) is 4.90 Å². The Hall–Kier alpha value is -1.07. The van der Waals surface area contributed by atoms with Crippen molar-refractivity contribution in [2.24, 2.45) is 0 Å². The first-order chi connectivity index (χ1) is 9.92. The number of hydrogen-bond donors (Lipinski definition) is 1. The van der Waals surface area contributed by atoms with Crippen LogP contribution in [-0.2, 0) is 16.1 Å². The SMILES string of the molecule is CCC1NC(=O)CC(C)N(Cc2ccc(Br)cc2Cl)C1=O. The highest BCUT2D eigenvalue weighted by molar-refractivity contribution is 9.10. The lowest BCUT2D eigenvalue weighted by molar-refractivity contribution is -0.135. The molecule has 0 bridgehead atoms. The van der Waals surface area contributed by atoms with Gasteiger partial charge < -0.3 is 10.2 Å². The fourth-order valence-corrected chi connectivity index (χ4v) is 3.19. The molecule has 1 aliphatic heterocycles. The molecule has 2 amide bonds. The molecule has 0 radical (unpaired) electrons. The lowest BCUT2D eigenvalue weighted by Crippen LogP contribution is -2.45. The quantitative estimate of drug-likeness (QED) is 0.885. The minimum atomic E-state index is -0.448. The zero-order chi connectivity index (χ0) is 15.6. The number of amides is 2. The summed E-state index contributed by atoms with van der Waals surface area (Å²) in [7, 11) is 0. The van der Waals surface area contributed by atoms with Crippen molar-refractivity contribution in [3.63, 3.8) is 0 Å². The van der Waals surface area contributed by atoms with Gasteiger partial charge in [0.05, 0.1) is 0 Å². The lowest BCUT2D eigenvalue weighted by Gasteiger charge is -2.29. The molecule has 0 spiro atoms. The molecule has 0 aliphatic carbocycles. The number of halogens is 2. The van der Waals surface area contributed by atoms with E-state index in [0.717, 1.165) is 10.0 Å². The Balaban J connectivity index is 2.26. The van der Waals surface area contributed by atoms with E-state index in [4.69, 9.17) is 11.6 Å². The normalized spacial score (nSPS) is 23.0. The standard InChI is InChI=1S/C15H18BrClN2O2/c1-3-13-15(21)19(9(2)6-14(20)18-13)8-10-4-5-11(16)7-12(10)17/h4-5,7,9,13H,3,6,8H2,1-2H3,(H,18,20). The second-order valence-corrected chi connectivity index (χ2v) is 6.61. The molecular weight excluding hydrogens is 356 g/mol. The number of carbonyl (C=O) groups excluding carboxylic acids is 2. The molecule has 1 aromatic carbocycles. The van der Waals surface area contributed by atoms with Crippen LogP contribution in [0.15, 0.2) is 22.7 Å². The van der Waals surface area contributed by atoms with Crippen LogP contribution in [0.4, 0.5) is 0 Å². The van der Waals surface area contributed by atoms with E-state index in [0.29, 0.717) is 24.4 Å². The van der Waals surface area contributed by atoms with Gasteiger partial charge in [-0.25, -0.2) is 0 Å². The van der Waals surface area contributed by atoms with E-state index in [-0.39, 0.29) is 17.9 Å². The fourth-order valence-electron chi connectivity index (χ4n) is 2.45. The molecule has 1 aromatic rings. The maximum atomic E-state index is 12.6. The zero-order valence-corrected chi connectivity index (χ0v) is 14.4. The van der Waals surface area contributed by atoms with Gasteiger partial charge in [0.25, 0.3) is 0 Å². The maximum Gasteiger partial charge on any atom is 0.245 e. The summed E-state index contributed by atoms with van der Waals surface area (Å²) in [6.45, 7) is 4.20. The molecule has 1 saturated heterocycles. The monoisotopic (exact) mass is 372 g/mol. The third-order valence-corrected chi connectivity index (χ3v) is 4.54. The molecule has 1 heterocycles. The lowest BCUT2D eigenvalue weighted by atomic mass is 10.1. The van der Waals surface area contributed by atoms with E-state index in [1.807, 2.05) is 32.0 Å². The van der Waals surface area contributed by atoms with E-state index in [2.05, 4.69) is 21.2 Å². The molecule has 2 atom stereocenters. The summed E-state index contributed by atoms with van der Waals surface area (Å²) < 4.78 is 0.898. The number of nitrogens with zero attached hydrogens (tertiary/aromatic N) is 1. The molecule has 114 valence electrons. The van der Waals surface area contributed by atoms with Gasteiger partial charge in [-0.3, -0.25) is 9.59 Å². The van der Waals surface area contributed by atoms with Gasteiger partial charge in [-0.1, -0.05) is 40.5 Å². The Kier molecular flexibility index (Phi) is 5.27. The van der Waals surface area contributed by atoms with Gasteiger partial charge in [0.15, 0.2) is 0 Å². The fraction of sp³-hybridized carbons (Fsp3) is 0.467. The summed E-state index contributed by atoms with van der Waals surface area (Å²) in [5.41, 5.74) is 0.879. The van der Waals surface area contributed by atoms with Crippen molar-refractivity contribution in [3.05, 3.63) is 33.3 Å². The van der Waals surface area contributed by atoms with E-state index >= 15 is 0 Å². The van der Waals surface area contributed by atoms with Crippen LogP contribution < -0.4 is 5.32 Å². The molecule has 21 heavy (non-hydrogen) atoms. The summed E-state index contributed by atoms with van der Waals surface area (Å²) in [5.74, 6) is -0.123. The summed E-state index contributed by atoms with van der Waals surface area (Å²) in [6.07, 6.45) is 0.901. The number of rotatable bonds is 3. The Morgan fingerprint density at radius 2 is 2.14 bits per heavy atom. The summed E-state index contributed by atoms with van der Waals surface area (Å²) in [4.78, 5) is 26.1. The average molecular weight is 374 g/mol. The van der Waals surface area contributed by atoms with Crippen molar-refractivity contribution in [1.29, 1.82) is 0 Å². The van der Waals surface area contributed by atoms with Crippen LogP contribution in [0.25, 0.3) is 0 Å². The van der Waals surface area contributed by atoms with Crippen molar-refractivity contribution in [1.82, 2.24) is 10.2 Å². The Labute approximate surface area is 138 Å². The predicted octanol–water partition coefficient (Wildman–Crippen LogP) is 3.12. The van der Waals surface area contributed by atoms with Crippen molar-refractivity contribution < 1.29 is 9.59 Å². The highest BCUT2D eigenvalue weighted by atomic mass is 79.9. The van der Waals surface area contributed by atoms with Gasteiger partial charge in [-0.15, -0.1) is 0 Å². The molecule has 6 heteroatoms. The summed E-state index contributed by atoms with van der Waals surface area (Å²) in [6, 6.07) is 5.01. The van der Waals surface area contributed by atoms with Crippen molar-refractivity contribution in [2.45, 2.75) is 45.3 Å². The van der Waals surface area contributed by atoms with Crippen LogP contribution in [0.1, 0.15) is 32.3 Å². The van der Waals surface area contributed by atoms with Crippen LogP contribution in [0, 0.1) is 0 Å². The largest absolute Gasteiger partial charge is 0.344 e. The van der Waals surface area contributed by atoms with E-state index in [1.165, 1.54) is 0 Å². The molecule has 1 aliphatic rings. The topological polar surface area (TPSA) is 49.4 Å². The van der Waals surface area contributed by atoms with Crippen LogP contribution in [0.3, 0.4) is 0 Å². The minimum Gasteiger partial charge on any atom is -0.344 e. The summed E-state index contributed by atoms with van der Waals surface area (Å²) in [5, 5.41) is 3.39. The van der Waals surface area contributed by atoms with Crippen molar-refractivity contribution in [3.8, 4) is 0 Å². The molecule has 4 nitrogen and oxygen atoms in total. The first-order valence-corrected chi connectivity index (χ1v) is 8.13. The van der Waals surface area contributed by atoms with E-state index < -0.39 is 6.04 Å². The number of benzene rings is 1. The Bertz CT molecular complexity index is 565. The van der Waals surface area contributed by atoms with Crippen LogP contribution in [0.5, 0.6) is 0 Å². The second kappa shape index (κ2) is 6.79. The first kappa shape index (κ1) is 16.3. The van der Waals surface area contributed by atoms with Crippen LogP contribution >= 0.6 is 27.5 Å². The van der Waals surface area contributed by atoms with E-state index in [9.17, 15) is 9.59 Å². The maximum absolute atomic E-state index is 12.6. The minimum absolute atomic E-state index is 0.0464. The number of hydrogen-bond acceptors (Lipinski definition) is 2. The molecule has 2 unspecified atom stereocenters. The number of carbonyl (C=O) groups is 2. The second-order valence-electron chi connectivity index (χ2n) is 5.28. The predicted molar refractivity (Wildman–Crippen MR) is 86.0 cm³/mol. The van der Waals surface area contributed by atoms with Gasteiger partial charge >= 0.3 is 0 Å². The number of nitrogens with one attached hydrogen (secondary N) is 1. The Morgan fingerprint density at radius 3 is 2.76 bits per heavy atom. The van der Waals surface area contributed by atoms with Gasteiger partial charge in [0.2, 0.25) is 11.8 Å². The highest BCUT2D eigenvalue weighted by Gasteiger charge is 2.33. The zero-order valence-electron chi connectivity index (χ0n) is 12.0. The van der Waals surface area contributed by atoms with Gasteiger partial charge in [-0.05, 0) is 31.0 Å². The van der Waals surface area contributed by atoms with Gasteiger partial charge in [0, 0.05) is 28.5 Å². The molecule has 0 aromatic heterocycles. The Morgan fingerprint density at radius 1 is 1.43 bits per heavy atom. The van der Waals surface area contributed by atoms with Crippen LogP contribution in [-0.4, -0.2) is 28.8 Å². The molecule has 1 fully saturated rings. The third kappa shape index (κ3) is 3.77. The smallest absolute Gasteiger partial charge is 0.245 e. The van der Waals surface area contributed by atoms with Crippen molar-refractivity contribution in [2.75, 3.05) is 0 Å². The third-order valence-electron chi connectivity index (χ3n) is 3.69. The molecule has 0 saturated carbocycles. The highest BCUT2D eigenvalue weighted by Crippen LogP contribution is 2.25. The molecular formula is C15H18BrClN2O2.